The highest BCUT2D eigenvalue weighted by Gasteiger charge is 2.18. The van der Waals surface area contributed by atoms with Gasteiger partial charge in [0.25, 0.3) is 0 Å². The molecule has 5 aromatic rings. The van der Waals surface area contributed by atoms with Crippen LogP contribution in [0.1, 0.15) is 55.1 Å². The third-order valence-electron chi connectivity index (χ3n) is 7.78. The lowest BCUT2D eigenvalue weighted by Gasteiger charge is -2.19. The van der Waals surface area contributed by atoms with Crippen LogP contribution >= 0.6 is 0 Å². The summed E-state index contributed by atoms with van der Waals surface area (Å²) >= 11 is 0. The van der Waals surface area contributed by atoms with Gasteiger partial charge in [0.15, 0.2) is 0 Å². The van der Waals surface area contributed by atoms with E-state index in [2.05, 4.69) is 110 Å². The molecule has 0 fully saturated rings. The summed E-state index contributed by atoms with van der Waals surface area (Å²) < 4.78 is 4.61. The number of aromatic nitrogens is 4. The van der Waals surface area contributed by atoms with Crippen molar-refractivity contribution >= 4 is 22.1 Å². The first-order chi connectivity index (χ1) is 18.0. The van der Waals surface area contributed by atoms with E-state index >= 15 is 0 Å². The number of rotatable bonds is 6. The fourth-order valence-electron chi connectivity index (χ4n) is 5.74. The summed E-state index contributed by atoms with van der Waals surface area (Å²) in [5.41, 5.74) is 10.9. The molecular formula is C33H34N4. The second-order valence-corrected chi connectivity index (χ2v) is 10.4. The summed E-state index contributed by atoms with van der Waals surface area (Å²) in [5.74, 6) is 2.63. The summed E-state index contributed by atoms with van der Waals surface area (Å²) in [5, 5.41) is 0. The number of aryl methyl sites for hydroxylation is 3. The minimum absolute atomic E-state index is 0.488. The molecule has 4 nitrogen and oxygen atoms in total. The van der Waals surface area contributed by atoms with Gasteiger partial charge in [-0.05, 0) is 67.6 Å². The average molecular weight is 487 g/mol. The zero-order valence-electron chi connectivity index (χ0n) is 22.2. The quantitative estimate of drug-likeness (QED) is 0.245. The molecule has 1 aliphatic carbocycles. The van der Waals surface area contributed by atoms with Crippen LogP contribution in [0.5, 0.6) is 0 Å². The van der Waals surface area contributed by atoms with Crippen LogP contribution in [0.15, 0.2) is 84.5 Å². The third-order valence-corrected chi connectivity index (χ3v) is 7.78. The molecule has 2 heterocycles. The molecule has 0 radical (unpaired) electrons. The minimum atomic E-state index is 0.488. The summed E-state index contributed by atoms with van der Waals surface area (Å²) in [6, 6.07) is 22.1. The molecule has 37 heavy (non-hydrogen) atoms. The van der Waals surface area contributed by atoms with E-state index in [4.69, 9.17) is 9.97 Å². The molecule has 186 valence electrons. The van der Waals surface area contributed by atoms with Crippen molar-refractivity contribution in [2.75, 3.05) is 0 Å². The molecule has 4 heteroatoms. The van der Waals surface area contributed by atoms with E-state index in [1.807, 2.05) is 6.07 Å². The number of para-hydroxylation sites is 2. The molecule has 0 amide bonds. The van der Waals surface area contributed by atoms with Gasteiger partial charge in [0.1, 0.15) is 11.6 Å². The van der Waals surface area contributed by atoms with E-state index in [0.29, 0.717) is 5.92 Å². The second-order valence-electron chi connectivity index (χ2n) is 10.4. The largest absolute Gasteiger partial charge is 0.327 e. The number of hydrogen-bond acceptors (Lipinski definition) is 2. The number of allylic oxidation sites excluding steroid dienone is 4. The fourth-order valence-corrected chi connectivity index (χ4v) is 5.74. The Morgan fingerprint density at radius 1 is 0.946 bits per heavy atom. The molecule has 0 spiro atoms. The SMILES string of the molecule is CCCc1nc2c(C)cc(-c3nc4ccccc4n3C)cc2n1Cc1ccc(C2CC=CC=C2C)cc1. The topological polar surface area (TPSA) is 35.6 Å². The Bertz CT molecular complexity index is 1660. The Labute approximate surface area is 219 Å². The van der Waals surface area contributed by atoms with Crippen LogP contribution in [0.4, 0.5) is 0 Å². The first-order valence-corrected chi connectivity index (χ1v) is 13.4. The monoisotopic (exact) mass is 486 g/mol. The van der Waals surface area contributed by atoms with Crippen LogP contribution in [0.2, 0.25) is 0 Å². The third kappa shape index (κ3) is 4.21. The van der Waals surface area contributed by atoms with E-state index < -0.39 is 0 Å². The molecular weight excluding hydrogens is 452 g/mol. The van der Waals surface area contributed by atoms with Crippen molar-refractivity contribution in [3.05, 3.63) is 107 Å². The number of benzene rings is 3. The van der Waals surface area contributed by atoms with Crippen LogP contribution in [-0.2, 0) is 20.0 Å². The zero-order chi connectivity index (χ0) is 25.5. The number of nitrogens with zero attached hydrogens (tertiary/aromatic N) is 4. The maximum absolute atomic E-state index is 5.12. The number of hydrogen-bond donors (Lipinski definition) is 0. The Hall–Kier alpha value is -3.92. The average Bonchev–Trinajstić information content (AvgIpc) is 3.43. The lowest BCUT2D eigenvalue weighted by atomic mass is 9.86. The highest BCUT2D eigenvalue weighted by atomic mass is 15.1. The highest BCUT2D eigenvalue weighted by molar-refractivity contribution is 5.87. The van der Waals surface area contributed by atoms with Gasteiger partial charge >= 0.3 is 0 Å². The van der Waals surface area contributed by atoms with E-state index in [0.717, 1.165) is 59.6 Å². The Kier molecular flexibility index (Phi) is 6.03. The smallest absolute Gasteiger partial charge is 0.140 e. The summed E-state index contributed by atoms with van der Waals surface area (Å²) in [6.07, 6.45) is 9.79. The van der Waals surface area contributed by atoms with E-state index in [1.165, 1.54) is 27.8 Å². The standard InChI is InChI=1S/C33H34N4/c1-5-10-31-35-32-23(3)19-26(33-34-28-13-8-9-14-29(28)36(33)4)20-30(32)37(31)21-24-15-17-25(18-16-24)27-12-7-6-11-22(27)2/h6-9,11,13-20,27H,5,10,12,21H2,1-4H3. The van der Waals surface area contributed by atoms with Crippen LogP contribution in [-0.4, -0.2) is 19.1 Å². The Morgan fingerprint density at radius 3 is 2.51 bits per heavy atom. The number of imidazole rings is 2. The molecule has 0 aliphatic heterocycles. The molecule has 2 aromatic heterocycles. The van der Waals surface area contributed by atoms with Crippen molar-refractivity contribution in [3.8, 4) is 11.4 Å². The number of fused-ring (bicyclic) bond motifs is 2. The van der Waals surface area contributed by atoms with E-state index in [1.54, 1.807) is 0 Å². The maximum Gasteiger partial charge on any atom is 0.140 e. The van der Waals surface area contributed by atoms with Crippen LogP contribution in [0.3, 0.4) is 0 Å². The van der Waals surface area contributed by atoms with Gasteiger partial charge in [0.2, 0.25) is 0 Å². The predicted molar refractivity (Wildman–Crippen MR) is 154 cm³/mol. The van der Waals surface area contributed by atoms with E-state index in [9.17, 15) is 0 Å². The van der Waals surface area contributed by atoms with Gasteiger partial charge in [0.05, 0.1) is 22.1 Å². The first-order valence-electron chi connectivity index (χ1n) is 13.4. The van der Waals surface area contributed by atoms with Crippen LogP contribution in [0.25, 0.3) is 33.5 Å². The molecule has 1 aliphatic rings. The van der Waals surface area contributed by atoms with Gasteiger partial charge in [-0.3, -0.25) is 0 Å². The highest BCUT2D eigenvalue weighted by Crippen LogP contribution is 2.32. The van der Waals surface area contributed by atoms with E-state index in [-0.39, 0.29) is 0 Å². The molecule has 1 atom stereocenters. The van der Waals surface area contributed by atoms with Crippen molar-refractivity contribution in [3.63, 3.8) is 0 Å². The molecule has 0 bridgehead atoms. The molecule has 0 saturated heterocycles. The van der Waals surface area contributed by atoms with Gasteiger partial charge in [0, 0.05) is 31.5 Å². The lowest BCUT2D eigenvalue weighted by molar-refractivity contribution is 0.720. The Morgan fingerprint density at radius 2 is 1.76 bits per heavy atom. The van der Waals surface area contributed by atoms with Gasteiger partial charge < -0.3 is 9.13 Å². The normalized spacial score (nSPS) is 15.6. The Balaban J connectivity index is 1.41. The van der Waals surface area contributed by atoms with Gasteiger partial charge in [-0.15, -0.1) is 0 Å². The summed E-state index contributed by atoms with van der Waals surface area (Å²) in [4.78, 5) is 10.1. The minimum Gasteiger partial charge on any atom is -0.327 e. The molecule has 0 N–H and O–H groups in total. The summed E-state index contributed by atoms with van der Waals surface area (Å²) in [6.45, 7) is 7.45. The molecule has 1 unspecified atom stereocenters. The molecule has 6 rings (SSSR count). The second kappa shape index (κ2) is 9.51. The van der Waals surface area contributed by atoms with Gasteiger partial charge in [-0.2, -0.15) is 0 Å². The summed E-state index contributed by atoms with van der Waals surface area (Å²) in [7, 11) is 2.10. The fraction of sp³-hybridized carbons (Fsp3) is 0.273. The predicted octanol–water partition coefficient (Wildman–Crippen LogP) is 7.89. The zero-order valence-corrected chi connectivity index (χ0v) is 22.2. The maximum atomic E-state index is 5.12. The lowest BCUT2D eigenvalue weighted by Crippen LogP contribution is -2.06. The van der Waals surface area contributed by atoms with Crippen molar-refractivity contribution in [2.45, 2.75) is 52.5 Å². The van der Waals surface area contributed by atoms with Gasteiger partial charge in [-0.25, -0.2) is 9.97 Å². The van der Waals surface area contributed by atoms with Crippen molar-refractivity contribution in [2.24, 2.45) is 7.05 Å². The van der Waals surface area contributed by atoms with Crippen molar-refractivity contribution in [1.82, 2.24) is 19.1 Å². The van der Waals surface area contributed by atoms with Gasteiger partial charge in [-0.1, -0.05) is 67.1 Å². The van der Waals surface area contributed by atoms with Crippen molar-refractivity contribution < 1.29 is 0 Å². The van der Waals surface area contributed by atoms with Crippen molar-refractivity contribution in [1.29, 1.82) is 0 Å². The van der Waals surface area contributed by atoms with Crippen LogP contribution in [0, 0.1) is 6.92 Å². The molecule has 0 saturated carbocycles. The first kappa shape index (κ1) is 23.5. The molecule has 3 aromatic carbocycles. The van der Waals surface area contributed by atoms with Crippen LogP contribution < -0.4 is 0 Å².